The molecule has 2 heterocycles. The number of anilines is 1. The summed E-state index contributed by atoms with van der Waals surface area (Å²) in [6.45, 7) is 0.407. The number of imide groups is 1. The molecule has 84 valence electrons. The van der Waals surface area contributed by atoms with E-state index in [1.54, 1.807) is 4.90 Å². The van der Waals surface area contributed by atoms with Gasteiger partial charge in [-0.2, -0.15) is 0 Å². The zero-order chi connectivity index (χ0) is 11.5. The van der Waals surface area contributed by atoms with Gasteiger partial charge < -0.3 is 10.6 Å². The van der Waals surface area contributed by atoms with Gasteiger partial charge in [0.25, 0.3) is 0 Å². The third-order valence-corrected chi connectivity index (χ3v) is 2.19. The summed E-state index contributed by atoms with van der Waals surface area (Å²) in [7, 11) is 0. The van der Waals surface area contributed by atoms with Crippen molar-refractivity contribution in [2.45, 2.75) is 6.54 Å². The minimum Gasteiger partial charge on any atom is -0.336 e. The first-order chi connectivity index (χ1) is 7.70. The van der Waals surface area contributed by atoms with Gasteiger partial charge in [0.15, 0.2) is 5.82 Å². The lowest BCUT2D eigenvalue weighted by Gasteiger charge is -2.27. The second-order valence-corrected chi connectivity index (χ2v) is 3.36. The SMILES string of the molecule is NCc1nccnc1N1CC(=O)NC(=O)C1. The summed E-state index contributed by atoms with van der Waals surface area (Å²) in [6.07, 6.45) is 3.03. The third-order valence-electron chi connectivity index (χ3n) is 2.19. The number of carbonyl (C=O) groups is 2. The summed E-state index contributed by atoms with van der Waals surface area (Å²) in [4.78, 5) is 32.1. The molecule has 0 aromatic carbocycles. The Morgan fingerprint density at radius 2 is 1.88 bits per heavy atom. The Kier molecular flexibility index (Phi) is 2.78. The van der Waals surface area contributed by atoms with Gasteiger partial charge in [-0.1, -0.05) is 0 Å². The van der Waals surface area contributed by atoms with Crippen LogP contribution in [0.4, 0.5) is 5.82 Å². The van der Waals surface area contributed by atoms with Gasteiger partial charge in [0.05, 0.1) is 18.8 Å². The van der Waals surface area contributed by atoms with Gasteiger partial charge in [-0.05, 0) is 0 Å². The molecule has 2 amide bonds. The molecule has 1 aliphatic heterocycles. The van der Waals surface area contributed by atoms with E-state index in [0.29, 0.717) is 11.5 Å². The minimum atomic E-state index is -0.343. The van der Waals surface area contributed by atoms with Gasteiger partial charge in [0, 0.05) is 18.9 Å². The second kappa shape index (κ2) is 4.23. The Morgan fingerprint density at radius 3 is 2.50 bits per heavy atom. The van der Waals surface area contributed by atoms with Crippen LogP contribution in [0.2, 0.25) is 0 Å². The fraction of sp³-hybridized carbons (Fsp3) is 0.333. The van der Waals surface area contributed by atoms with Crippen molar-refractivity contribution >= 4 is 17.6 Å². The molecular weight excluding hydrogens is 210 g/mol. The number of amides is 2. The number of rotatable bonds is 2. The molecule has 0 atom stereocenters. The first-order valence-corrected chi connectivity index (χ1v) is 4.78. The maximum absolute atomic E-state index is 11.2. The van der Waals surface area contributed by atoms with Gasteiger partial charge in [0.2, 0.25) is 11.8 Å². The molecule has 1 fully saturated rings. The number of hydrogen-bond acceptors (Lipinski definition) is 6. The number of nitrogens with two attached hydrogens (primary N) is 1. The zero-order valence-corrected chi connectivity index (χ0v) is 8.51. The van der Waals surface area contributed by atoms with Crippen LogP contribution in [0.1, 0.15) is 5.69 Å². The number of hydrogen-bond donors (Lipinski definition) is 2. The normalized spacial score (nSPS) is 16.2. The highest BCUT2D eigenvalue weighted by Crippen LogP contribution is 2.14. The summed E-state index contributed by atoms with van der Waals surface area (Å²) in [5.41, 5.74) is 6.09. The predicted molar refractivity (Wildman–Crippen MR) is 55.3 cm³/mol. The van der Waals surface area contributed by atoms with Crippen LogP contribution in [-0.4, -0.2) is 34.9 Å². The van der Waals surface area contributed by atoms with Gasteiger partial charge in [0.1, 0.15) is 0 Å². The van der Waals surface area contributed by atoms with Crippen LogP contribution in [0.5, 0.6) is 0 Å². The molecule has 3 N–H and O–H groups in total. The van der Waals surface area contributed by atoms with Crippen molar-refractivity contribution < 1.29 is 9.59 Å². The molecule has 1 aromatic heterocycles. The highest BCUT2D eigenvalue weighted by atomic mass is 16.2. The lowest BCUT2D eigenvalue weighted by molar-refractivity contribution is -0.130. The highest BCUT2D eigenvalue weighted by molar-refractivity contribution is 6.02. The Labute approximate surface area is 91.7 Å². The molecule has 0 saturated carbocycles. The molecule has 1 aliphatic rings. The number of nitrogens with one attached hydrogen (secondary N) is 1. The van der Waals surface area contributed by atoms with Crippen molar-refractivity contribution in [2.24, 2.45) is 5.73 Å². The van der Waals surface area contributed by atoms with Crippen LogP contribution in [0, 0.1) is 0 Å². The fourth-order valence-corrected chi connectivity index (χ4v) is 1.55. The Bertz CT molecular complexity index is 418. The molecule has 0 spiro atoms. The Hall–Kier alpha value is -2.02. The maximum Gasteiger partial charge on any atom is 0.246 e. The average molecular weight is 221 g/mol. The van der Waals surface area contributed by atoms with E-state index in [1.165, 1.54) is 12.4 Å². The monoisotopic (exact) mass is 221 g/mol. The molecule has 0 bridgehead atoms. The van der Waals surface area contributed by atoms with E-state index >= 15 is 0 Å². The molecule has 7 heteroatoms. The van der Waals surface area contributed by atoms with Crippen molar-refractivity contribution in [1.29, 1.82) is 0 Å². The van der Waals surface area contributed by atoms with Crippen LogP contribution in [0.3, 0.4) is 0 Å². The number of nitrogens with zero attached hydrogens (tertiary/aromatic N) is 3. The highest BCUT2D eigenvalue weighted by Gasteiger charge is 2.25. The largest absolute Gasteiger partial charge is 0.336 e. The summed E-state index contributed by atoms with van der Waals surface area (Å²) in [6, 6.07) is 0. The molecule has 0 aliphatic carbocycles. The van der Waals surface area contributed by atoms with Crippen LogP contribution in [0.15, 0.2) is 12.4 Å². The second-order valence-electron chi connectivity index (χ2n) is 3.36. The van der Waals surface area contributed by atoms with E-state index in [-0.39, 0.29) is 31.4 Å². The molecule has 16 heavy (non-hydrogen) atoms. The molecule has 1 saturated heterocycles. The first-order valence-electron chi connectivity index (χ1n) is 4.78. The van der Waals surface area contributed by atoms with E-state index in [4.69, 9.17) is 5.73 Å². The van der Waals surface area contributed by atoms with Crippen molar-refractivity contribution in [1.82, 2.24) is 15.3 Å². The summed E-state index contributed by atoms with van der Waals surface area (Å²) >= 11 is 0. The van der Waals surface area contributed by atoms with Crippen LogP contribution in [-0.2, 0) is 16.1 Å². The smallest absolute Gasteiger partial charge is 0.246 e. The topological polar surface area (TPSA) is 101 Å². The molecular formula is C9H11N5O2. The molecule has 1 aromatic rings. The minimum absolute atomic E-state index is 0.0947. The van der Waals surface area contributed by atoms with Gasteiger partial charge >= 0.3 is 0 Å². The number of carbonyl (C=O) groups excluding carboxylic acids is 2. The number of piperazine rings is 1. The number of aromatic nitrogens is 2. The Balaban J connectivity index is 2.29. The fourth-order valence-electron chi connectivity index (χ4n) is 1.55. The summed E-state index contributed by atoms with van der Waals surface area (Å²) in [5.74, 6) is -0.192. The quantitative estimate of drug-likeness (QED) is 0.583. The first kappa shape index (κ1) is 10.5. The Morgan fingerprint density at radius 1 is 1.25 bits per heavy atom. The maximum atomic E-state index is 11.2. The zero-order valence-electron chi connectivity index (χ0n) is 8.51. The average Bonchev–Trinajstić information content (AvgIpc) is 2.27. The lowest BCUT2D eigenvalue weighted by Crippen LogP contribution is -2.52. The van der Waals surface area contributed by atoms with Gasteiger partial charge in [-0.25, -0.2) is 4.98 Å². The van der Waals surface area contributed by atoms with E-state index < -0.39 is 0 Å². The molecule has 2 rings (SSSR count). The van der Waals surface area contributed by atoms with Gasteiger partial charge in [-0.15, -0.1) is 0 Å². The van der Waals surface area contributed by atoms with Crippen LogP contribution < -0.4 is 16.0 Å². The standard InChI is InChI=1S/C9H11N5O2/c10-3-6-9(12-2-1-11-6)14-4-7(15)13-8(16)5-14/h1-2H,3-5,10H2,(H,13,15,16). The van der Waals surface area contributed by atoms with E-state index in [2.05, 4.69) is 15.3 Å². The third kappa shape index (κ3) is 1.98. The molecule has 7 nitrogen and oxygen atoms in total. The van der Waals surface area contributed by atoms with E-state index in [1.807, 2.05) is 0 Å². The van der Waals surface area contributed by atoms with Crippen LogP contribution in [0.25, 0.3) is 0 Å². The predicted octanol–water partition coefficient (Wildman–Crippen LogP) is -1.60. The molecule has 0 radical (unpaired) electrons. The summed E-state index contributed by atoms with van der Waals surface area (Å²) < 4.78 is 0. The van der Waals surface area contributed by atoms with E-state index in [9.17, 15) is 9.59 Å². The molecule has 0 unspecified atom stereocenters. The summed E-state index contributed by atoms with van der Waals surface area (Å²) in [5, 5.41) is 2.22. The van der Waals surface area contributed by atoms with Crippen molar-refractivity contribution in [3.8, 4) is 0 Å². The van der Waals surface area contributed by atoms with E-state index in [0.717, 1.165) is 0 Å². The van der Waals surface area contributed by atoms with Crippen LogP contribution >= 0.6 is 0 Å². The van der Waals surface area contributed by atoms with Crippen molar-refractivity contribution in [2.75, 3.05) is 18.0 Å². The lowest BCUT2D eigenvalue weighted by atomic mass is 10.3. The van der Waals surface area contributed by atoms with Crippen molar-refractivity contribution in [3.05, 3.63) is 18.1 Å². The van der Waals surface area contributed by atoms with Crippen molar-refractivity contribution in [3.63, 3.8) is 0 Å². The van der Waals surface area contributed by atoms with Gasteiger partial charge in [-0.3, -0.25) is 19.9 Å².